The predicted octanol–water partition coefficient (Wildman–Crippen LogP) is 0.538. The average molecular weight is 225 g/mol. The summed E-state index contributed by atoms with van der Waals surface area (Å²) in [5.41, 5.74) is 0. The van der Waals surface area contributed by atoms with Crippen molar-refractivity contribution in [1.82, 2.24) is 20.8 Å². The van der Waals surface area contributed by atoms with Crippen molar-refractivity contribution in [1.29, 1.82) is 0 Å². The quantitative estimate of drug-likeness (QED) is 0.788. The van der Waals surface area contributed by atoms with Gasteiger partial charge in [-0.1, -0.05) is 18.3 Å². The summed E-state index contributed by atoms with van der Waals surface area (Å²) in [6, 6.07) is 0.438. The van der Waals surface area contributed by atoms with Gasteiger partial charge in [0.05, 0.1) is 13.1 Å². The van der Waals surface area contributed by atoms with Crippen LogP contribution in [0.5, 0.6) is 0 Å². The largest absolute Gasteiger partial charge is 0.352 e. The van der Waals surface area contributed by atoms with Gasteiger partial charge in [-0.05, 0) is 13.3 Å². The molecule has 2 N–H and O–H groups in total. The third-order valence-corrected chi connectivity index (χ3v) is 3.19. The first-order valence-electron chi connectivity index (χ1n) is 5.14. The number of nitrogens with zero attached hydrogens (tertiary/aromatic N) is 3. The molecule has 1 aliphatic heterocycles. The highest BCUT2D eigenvalue weighted by Crippen LogP contribution is 2.09. The molecule has 82 valence electrons. The number of nitrogens with one attached hydrogen (secondary N) is 2. The highest BCUT2D eigenvalue weighted by atomic mass is 32.1. The summed E-state index contributed by atoms with van der Waals surface area (Å²) in [5, 5.41) is 16.7. The Balaban J connectivity index is 1.83. The Morgan fingerprint density at radius 2 is 2.27 bits per heavy atom. The standard InChI is InChI=1S/C9H15N5S/c1-3-7-13-14-8(15-7)5-11-9-10-4-6(2)12-9/h6H,3-5H2,1-2H3,(H2,10,11,12). The van der Waals surface area contributed by atoms with Gasteiger partial charge in [0.2, 0.25) is 0 Å². The normalized spacial score (nSPS) is 19.9. The summed E-state index contributed by atoms with van der Waals surface area (Å²) in [4.78, 5) is 4.31. The first-order chi connectivity index (χ1) is 7.28. The van der Waals surface area contributed by atoms with Crippen molar-refractivity contribution in [3.8, 4) is 0 Å². The topological polar surface area (TPSA) is 62.2 Å². The van der Waals surface area contributed by atoms with Crippen LogP contribution in [0.2, 0.25) is 0 Å². The molecule has 1 unspecified atom stereocenters. The molecule has 0 saturated carbocycles. The lowest BCUT2D eigenvalue weighted by molar-refractivity contribution is 0.712. The van der Waals surface area contributed by atoms with Gasteiger partial charge >= 0.3 is 0 Å². The fraction of sp³-hybridized carbons (Fsp3) is 0.667. The number of hydrogen-bond donors (Lipinski definition) is 2. The Hall–Kier alpha value is -1.17. The zero-order valence-electron chi connectivity index (χ0n) is 8.95. The molecule has 0 amide bonds. The molecule has 1 aliphatic rings. The summed E-state index contributed by atoms with van der Waals surface area (Å²) in [5.74, 6) is 0.871. The van der Waals surface area contributed by atoms with Crippen LogP contribution in [0.15, 0.2) is 4.99 Å². The maximum absolute atomic E-state index is 4.31. The lowest BCUT2D eigenvalue weighted by Crippen LogP contribution is -2.37. The van der Waals surface area contributed by atoms with E-state index in [1.165, 1.54) is 0 Å². The highest BCUT2D eigenvalue weighted by Gasteiger charge is 2.12. The van der Waals surface area contributed by atoms with E-state index in [1.807, 2.05) is 0 Å². The number of hydrogen-bond acceptors (Lipinski definition) is 6. The molecule has 5 nitrogen and oxygen atoms in total. The molecule has 0 spiro atoms. The Morgan fingerprint density at radius 3 is 2.87 bits per heavy atom. The molecule has 0 fully saturated rings. The molecule has 0 bridgehead atoms. The summed E-state index contributed by atoms with van der Waals surface area (Å²) in [6.45, 7) is 5.75. The Labute approximate surface area is 93.0 Å². The van der Waals surface area contributed by atoms with Crippen LogP contribution < -0.4 is 10.6 Å². The fourth-order valence-electron chi connectivity index (χ4n) is 1.32. The monoisotopic (exact) mass is 225 g/mol. The van der Waals surface area contributed by atoms with Crippen molar-refractivity contribution in [3.05, 3.63) is 10.0 Å². The zero-order valence-corrected chi connectivity index (χ0v) is 9.77. The minimum Gasteiger partial charge on any atom is -0.352 e. The SMILES string of the molecule is CCc1nnc(CNC2=NCC(C)N2)s1. The van der Waals surface area contributed by atoms with E-state index in [2.05, 4.69) is 39.7 Å². The van der Waals surface area contributed by atoms with E-state index < -0.39 is 0 Å². The summed E-state index contributed by atoms with van der Waals surface area (Å²) in [7, 11) is 0. The van der Waals surface area contributed by atoms with Crippen molar-refractivity contribution in [2.45, 2.75) is 32.9 Å². The lowest BCUT2D eigenvalue weighted by atomic mass is 10.4. The van der Waals surface area contributed by atoms with E-state index >= 15 is 0 Å². The van der Waals surface area contributed by atoms with Crippen LogP contribution >= 0.6 is 11.3 Å². The third kappa shape index (κ3) is 2.65. The zero-order chi connectivity index (χ0) is 10.7. The van der Waals surface area contributed by atoms with E-state index in [1.54, 1.807) is 11.3 Å². The summed E-state index contributed by atoms with van der Waals surface area (Å²) >= 11 is 1.65. The second-order valence-corrected chi connectivity index (χ2v) is 4.68. The molecule has 1 aromatic heterocycles. The Morgan fingerprint density at radius 1 is 1.47 bits per heavy atom. The maximum atomic E-state index is 4.31. The maximum Gasteiger partial charge on any atom is 0.191 e. The van der Waals surface area contributed by atoms with Gasteiger partial charge in [-0.15, -0.1) is 10.2 Å². The van der Waals surface area contributed by atoms with E-state index in [0.29, 0.717) is 12.6 Å². The van der Waals surface area contributed by atoms with Crippen LogP contribution in [0.1, 0.15) is 23.9 Å². The molecular weight excluding hydrogens is 210 g/mol. The fourth-order valence-corrected chi connectivity index (χ4v) is 2.05. The van der Waals surface area contributed by atoms with Gasteiger partial charge < -0.3 is 10.6 Å². The van der Waals surface area contributed by atoms with Crippen LogP contribution in [-0.4, -0.2) is 28.7 Å². The van der Waals surface area contributed by atoms with Crippen molar-refractivity contribution in [3.63, 3.8) is 0 Å². The third-order valence-electron chi connectivity index (χ3n) is 2.12. The molecule has 2 heterocycles. The molecule has 1 atom stereocenters. The van der Waals surface area contributed by atoms with Crippen LogP contribution in [0, 0.1) is 0 Å². The van der Waals surface area contributed by atoms with Gasteiger partial charge in [-0.25, -0.2) is 0 Å². The molecule has 0 saturated heterocycles. The van der Waals surface area contributed by atoms with Gasteiger partial charge in [0.1, 0.15) is 10.0 Å². The van der Waals surface area contributed by atoms with Gasteiger partial charge in [0.15, 0.2) is 5.96 Å². The number of aryl methyl sites for hydroxylation is 1. The highest BCUT2D eigenvalue weighted by molar-refractivity contribution is 7.11. The predicted molar refractivity (Wildman–Crippen MR) is 61.0 cm³/mol. The Bertz CT molecular complexity index is 359. The number of aliphatic imine (C=N–C) groups is 1. The summed E-state index contributed by atoms with van der Waals surface area (Å²) < 4.78 is 0. The Kier molecular flexibility index (Phi) is 3.15. The van der Waals surface area contributed by atoms with Crippen molar-refractivity contribution >= 4 is 17.3 Å². The van der Waals surface area contributed by atoms with Gasteiger partial charge in [-0.2, -0.15) is 0 Å². The second-order valence-electron chi connectivity index (χ2n) is 3.53. The minimum absolute atomic E-state index is 0.438. The van der Waals surface area contributed by atoms with Crippen LogP contribution in [0.3, 0.4) is 0 Å². The lowest BCUT2D eigenvalue weighted by Gasteiger charge is -2.06. The smallest absolute Gasteiger partial charge is 0.191 e. The van der Waals surface area contributed by atoms with Gasteiger partial charge in [-0.3, -0.25) is 4.99 Å². The number of guanidine groups is 1. The first kappa shape index (κ1) is 10.4. The van der Waals surface area contributed by atoms with Gasteiger partial charge in [0, 0.05) is 6.04 Å². The molecule has 0 aromatic carbocycles. The summed E-state index contributed by atoms with van der Waals surface area (Å²) in [6.07, 6.45) is 0.952. The van der Waals surface area contributed by atoms with E-state index in [0.717, 1.165) is 28.9 Å². The molecule has 0 radical (unpaired) electrons. The molecule has 15 heavy (non-hydrogen) atoms. The van der Waals surface area contributed by atoms with Gasteiger partial charge in [0.25, 0.3) is 0 Å². The van der Waals surface area contributed by atoms with E-state index in [-0.39, 0.29) is 0 Å². The molecular formula is C9H15N5S. The number of aromatic nitrogens is 2. The molecule has 2 rings (SSSR count). The van der Waals surface area contributed by atoms with Crippen LogP contribution in [-0.2, 0) is 13.0 Å². The van der Waals surface area contributed by atoms with Crippen LogP contribution in [0.4, 0.5) is 0 Å². The number of rotatable bonds is 3. The molecule has 6 heteroatoms. The second kappa shape index (κ2) is 4.57. The minimum atomic E-state index is 0.438. The average Bonchev–Trinajstić information content (AvgIpc) is 2.83. The van der Waals surface area contributed by atoms with E-state index in [4.69, 9.17) is 0 Å². The van der Waals surface area contributed by atoms with E-state index in [9.17, 15) is 0 Å². The van der Waals surface area contributed by atoms with Crippen molar-refractivity contribution in [2.24, 2.45) is 4.99 Å². The van der Waals surface area contributed by atoms with Crippen molar-refractivity contribution in [2.75, 3.05) is 6.54 Å². The molecule has 1 aromatic rings. The van der Waals surface area contributed by atoms with Crippen molar-refractivity contribution < 1.29 is 0 Å². The first-order valence-corrected chi connectivity index (χ1v) is 5.95. The molecule has 0 aliphatic carbocycles. The van der Waals surface area contributed by atoms with Crippen LogP contribution in [0.25, 0.3) is 0 Å².